The lowest BCUT2D eigenvalue weighted by molar-refractivity contribution is 0.0992. The molecule has 1 aliphatic carbocycles. The van der Waals surface area contributed by atoms with E-state index < -0.39 is 0 Å². The number of aryl methyl sites for hydroxylation is 2. The fraction of sp³-hybridized carbons (Fsp3) is 0.444. The Morgan fingerprint density at radius 3 is 2.67 bits per heavy atom. The first-order chi connectivity index (χ1) is 10.1. The van der Waals surface area contributed by atoms with Crippen LogP contribution in [0.4, 0.5) is 0 Å². The lowest BCUT2D eigenvalue weighted by Crippen LogP contribution is -2.11. The first-order valence-corrected chi connectivity index (χ1v) is 7.68. The highest BCUT2D eigenvalue weighted by Gasteiger charge is 2.21. The van der Waals surface area contributed by atoms with Crippen molar-refractivity contribution in [1.29, 1.82) is 0 Å². The van der Waals surface area contributed by atoms with Crippen LogP contribution in [-0.4, -0.2) is 15.6 Å². The summed E-state index contributed by atoms with van der Waals surface area (Å²) in [5, 5.41) is 4.39. The predicted molar refractivity (Wildman–Crippen MR) is 83.8 cm³/mol. The highest BCUT2D eigenvalue weighted by molar-refractivity contribution is 5.97. The van der Waals surface area contributed by atoms with Gasteiger partial charge in [0.15, 0.2) is 5.78 Å². The van der Waals surface area contributed by atoms with Crippen LogP contribution >= 0.6 is 0 Å². The van der Waals surface area contributed by atoms with E-state index in [1.54, 1.807) is 0 Å². The Kier molecular flexibility index (Phi) is 3.66. The maximum Gasteiger partial charge on any atom is 0.167 e. The first kappa shape index (κ1) is 14.1. The summed E-state index contributed by atoms with van der Waals surface area (Å²) in [5.74, 6) is 0.856. The van der Waals surface area contributed by atoms with Gasteiger partial charge in [0.1, 0.15) is 0 Å². The molecule has 0 unspecified atom stereocenters. The molecule has 3 heteroatoms. The van der Waals surface area contributed by atoms with Gasteiger partial charge in [-0.05, 0) is 44.2 Å². The molecule has 0 N–H and O–H groups in total. The molecule has 0 saturated heterocycles. The predicted octanol–water partition coefficient (Wildman–Crippen LogP) is 3.73. The maximum absolute atomic E-state index is 12.6. The Balaban J connectivity index is 1.82. The summed E-state index contributed by atoms with van der Waals surface area (Å²) < 4.78 is 1.85. The van der Waals surface area contributed by atoms with E-state index in [1.807, 2.05) is 37.7 Å². The standard InChI is InChI=1S/C18H22N2O/c1-12-17(13(2)20(3)19-12)11-18(21)16-9-5-8-15(10-16)14-6-4-7-14/h5,8-10,14H,4,6-7,11H2,1-3H3. The number of aromatic nitrogens is 2. The van der Waals surface area contributed by atoms with Crippen molar-refractivity contribution in [2.24, 2.45) is 7.05 Å². The molecular weight excluding hydrogens is 260 g/mol. The molecule has 1 saturated carbocycles. The van der Waals surface area contributed by atoms with Crippen molar-refractivity contribution in [2.75, 3.05) is 0 Å². The van der Waals surface area contributed by atoms with Gasteiger partial charge in [-0.3, -0.25) is 9.48 Å². The van der Waals surface area contributed by atoms with E-state index >= 15 is 0 Å². The van der Waals surface area contributed by atoms with Crippen LogP contribution in [0, 0.1) is 13.8 Å². The summed E-state index contributed by atoms with van der Waals surface area (Å²) in [5.41, 5.74) is 5.26. The van der Waals surface area contributed by atoms with Gasteiger partial charge < -0.3 is 0 Å². The van der Waals surface area contributed by atoms with Gasteiger partial charge >= 0.3 is 0 Å². The number of Topliss-reactive ketones (excluding diaryl/α,β-unsaturated/α-hetero) is 1. The van der Waals surface area contributed by atoms with Gasteiger partial charge in [-0.15, -0.1) is 0 Å². The second-order valence-corrected chi connectivity index (χ2v) is 6.13. The number of rotatable bonds is 4. The smallest absolute Gasteiger partial charge is 0.167 e. The zero-order valence-corrected chi connectivity index (χ0v) is 13.0. The third-order valence-electron chi connectivity index (χ3n) is 4.78. The maximum atomic E-state index is 12.6. The van der Waals surface area contributed by atoms with Crippen LogP contribution in [-0.2, 0) is 13.5 Å². The molecule has 0 atom stereocenters. The van der Waals surface area contributed by atoms with Crippen molar-refractivity contribution in [3.8, 4) is 0 Å². The van der Waals surface area contributed by atoms with Gasteiger partial charge in [-0.1, -0.05) is 24.6 Å². The van der Waals surface area contributed by atoms with Crippen LogP contribution in [0.15, 0.2) is 24.3 Å². The van der Waals surface area contributed by atoms with Crippen molar-refractivity contribution in [1.82, 2.24) is 9.78 Å². The summed E-state index contributed by atoms with van der Waals surface area (Å²) in [6.07, 6.45) is 4.29. The van der Waals surface area contributed by atoms with Crippen molar-refractivity contribution in [2.45, 2.75) is 45.4 Å². The highest BCUT2D eigenvalue weighted by Crippen LogP contribution is 2.36. The number of hydrogen-bond donors (Lipinski definition) is 0. The quantitative estimate of drug-likeness (QED) is 0.801. The van der Waals surface area contributed by atoms with Gasteiger partial charge in [0.05, 0.1) is 5.69 Å². The van der Waals surface area contributed by atoms with Gasteiger partial charge in [-0.2, -0.15) is 5.10 Å². The molecule has 1 fully saturated rings. The molecule has 1 aromatic heterocycles. The Morgan fingerprint density at radius 2 is 2.10 bits per heavy atom. The number of hydrogen-bond acceptors (Lipinski definition) is 2. The summed E-state index contributed by atoms with van der Waals surface area (Å²) in [4.78, 5) is 12.6. The second kappa shape index (κ2) is 5.47. The molecule has 0 aliphatic heterocycles. The Morgan fingerprint density at radius 1 is 1.33 bits per heavy atom. The van der Waals surface area contributed by atoms with E-state index in [4.69, 9.17) is 0 Å². The number of carbonyl (C=O) groups excluding carboxylic acids is 1. The fourth-order valence-corrected chi connectivity index (χ4v) is 3.04. The number of carbonyl (C=O) groups is 1. The molecule has 2 aromatic rings. The monoisotopic (exact) mass is 282 g/mol. The average molecular weight is 282 g/mol. The van der Waals surface area contributed by atoms with Crippen molar-refractivity contribution < 1.29 is 4.79 Å². The summed E-state index contributed by atoms with van der Waals surface area (Å²) in [6, 6.07) is 8.20. The van der Waals surface area contributed by atoms with E-state index in [2.05, 4.69) is 17.2 Å². The van der Waals surface area contributed by atoms with Crippen molar-refractivity contribution in [3.63, 3.8) is 0 Å². The first-order valence-electron chi connectivity index (χ1n) is 7.68. The molecular formula is C18H22N2O. The van der Waals surface area contributed by atoms with E-state index in [0.717, 1.165) is 22.5 Å². The van der Waals surface area contributed by atoms with E-state index in [-0.39, 0.29) is 5.78 Å². The molecule has 3 rings (SSSR count). The van der Waals surface area contributed by atoms with E-state index in [1.165, 1.54) is 24.8 Å². The molecule has 3 nitrogen and oxygen atoms in total. The van der Waals surface area contributed by atoms with Gasteiger partial charge in [0, 0.05) is 30.3 Å². The second-order valence-electron chi connectivity index (χ2n) is 6.13. The van der Waals surface area contributed by atoms with Crippen LogP contribution in [0.3, 0.4) is 0 Å². The fourth-order valence-electron chi connectivity index (χ4n) is 3.04. The minimum Gasteiger partial charge on any atom is -0.294 e. The van der Waals surface area contributed by atoms with Gasteiger partial charge in [0.2, 0.25) is 0 Å². The Bertz CT molecular complexity index is 681. The third-order valence-corrected chi connectivity index (χ3v) is 4.78. The molecule has 110 valence electrons. The van der Waals surface area contributed by atoms with E-state index in [9.17, 15) is 4.79 Å². The van der Waals surface area contributed by atoms with Gasteiger partial charge in [-0.25, -0.2) is 0 Å². The van der Waals surface area contributed by atoms with Crippen molar-refractivity contribution in [3.05, 3.63) is 52.3 Å². The number of ketones is 1. The minimum atomic E-state index is 0.190. The molecule has 1 aliphatic rings. The highest BCUT2D eigenvalue weighted by atomic mass is 16.1. The van der Waals surface area contributed by atoms with E-state index in [0.29, 0.717) is 12.3 Å². The van der Waals surface area contributed by atoms with Crippen LogP contribution in [0.1, 0.15) is 58.1 Å². The zero-order chi connectivity index (χ0) is 15.0. The molecule has 1 heterocycles. The Hall–Kier alpha value is -1.90. The topological polar surface area (TPSA) is 34.9 Å². The SMILES string of the molecule is Cc1nn(C)c(C)c1CC(=O)c1cccc(C2CCC2)c1. The van der Waals surface area contributed by atoms with Gasteiger partial charge in [0.25, 0.3) is 0 Å². The summed E-state index contributed by atoms with van der Waals surface area (Å²) in [6.45, 7) is 3.99. The number of benzene rings is 1. The van der Waals surface area contributed by atoms with Crippen LogP contribution in [0.2, 0.25) is 0 Å². The molecule has 0 radical (unpaired) electrons. The zero-order valence-electron chi connectivity index (χ0n) is 13.0. The molecule has 21 heavy (non-hydrogen) atoms. The summed E-state index contributed by atoms with van der Waals surface area (Å²) in [7, 11) is 1.92. The lowest BCUT2D eigenvalue weighted by atomic mass is 9.79. The average Bonchev–Trinajstić information content (AvgIpc) is 2.64. The van der Waals surface area contributed by atoms with Crippen molar-refractivity contribution >= 4 is 5.78 Å². The normalized spacial score (nSPS) is 15.0. The molecule has 0 amide bonds. The van der Waals surface area contributed by atoms with Crippen LogP contribution in [0.25, 0.3) is 0 Å². The summed E-state index contributed by atoms with van der Waals surface area (Å²) >= 11 is 0. The molecule has 0 spiro atoms. The lowest BCUT2D eigenvalue weighted by Gasteiger charge is -2.26. The minimum absolute atomic E-state index is 0.190. The molecule has 1 aromatic carbocycles. The Labute approximate surface area is 126 Å². The van der Waals surface area contributed by atoms with Crippen LogP contribution < -0.4 is 0 Å². The number of nitrogens with zero attached hydrogens (tertiary/aromatic N) is 2. The third kappa shape index (κ3) is 2.65. The van der Waals surface area contributed by atoms with Crippen LogP contribution in [0.5, 0.6) is 0 Å². The largest absolute Gasteiger partial charge is 0.294 e. The molecule has 0 bridgehead atoms.